The number of aliphatic hydroxyl groups is 1. The number of rotatable bonds is 3. The Morgan fingerprint density at radius 1 is 1.38 bits per heavy atom. The van der Waals surface area contributed by atoms with Crippen LogP contribution in [0.4, 0.5) is 5.69 Å². The molecular weight excluding hydrogens is 202 g/mol. The molecule has 1 aromatic carbocycles. The van der Waals surface area contributed by atoms with E-state index < -0.39 is 5.60 Å². The summed E-state index contributed by atoms with van der Waals surface area (Å²) in [5, 5.41) is 10.2. The third-order valence-corrected chi connectivity index (χ3v) is 3.12. The summed E-state index contributed by atoms with van der Waals surface area (Å²) in [5.74, 6) is -0.206. The average molecular weight is 219 g/mol. The van der Waals surface area contributed by atoms with Crippen molar-refractivity contribution >= 4 is 11.6 Å². The van der Waals surface area contributed by atoms with Gasteiger partial charge >= 0.3 is 0 Å². The van der Waals surface area contributed by atoms with E-state index in [1.807, 2.05) is 24.3 Å². The first kappa shape index (κ1) is 11.1. The lowest BCUT2D eigenvalue weighted by atomic mass is 9.98. The molecule has 86 valence electrons. The van der Waals surface area contributed by atoms with Gasteiger partial charge in [-0.1, -0.05) is 31.5 Å². The molecule has 1 unspecified atom stereocenters. The summed E-state index contributed by atoms with van der Waals surface area (Å²) in [6, 6.07) is 7.46. The summed E-state index contributed by atoms with van der Waals surface area (Å²) in [6.45, 7) is 4.34. The van der Waals surface area contributed by atoms with Crippen molar-refractivity contribution in [2.24, 2.45) is 0 Å². The first-order valence-electron chi connectivity index (χ1n) is 5.73. The van der Waals surface area contributed by atoms with Crippen LogP contribution in [0.2, 0.25) is 0 Å². The quantitative estimate of drug-likeness (QED) is 0.845. The van der Waals surface area contributed by atoms with Gasteiger partial charge in [-0.15, -0.1) is 0 Å². The summed E-state index contributed by atoms with van der Waals surface area (Å²) in [6.07, 6.45) is 1.99. The fourth-order valence-corrected chi connectivity index (χ4v) is 2.15. The van der Waals surface area contributed by atoms with Crippen molar-refractivity contribution < 1.29 is 9.90 Å². The van der Waals surface area contributed by atoms with Gasteiger partial charge in [0.15, 0.2) is 5.60 Å². The SMILES string of the molecule is CCCCN1C(=O)C(C)(O)c2ccccc21. The Labute approximate surface area is 95.7 Å². The maximum Gasteiger partial charge on any atom is 0.263 e. The molecular formula is C13H17NO2. The molecule has 1 heterocycles. The van der Waals surface area contributed by atoms with Crippen molar-refractivity contribution in [3.63, 3.8) is 0 Å². The third kappa shape index (κ3) is 1.52. The number of carbonyl (C=O) groups is 1. The smallest absolute Gasteiger partial charge is 0.263 e. The summed E-state index contributed by atoms with van der Waals surface area (Å²) in [5.41, 5.74) is 0.215. The standard InChI is InChI=1S/C13H17NO2/c1-3-4-9-14-11-8-6-5-7-10(11)13(2,16)12(14)15/h5-8,16H,3-4,9H2,1-2H3. The number of hydrogen-bond acceptors (Lipinski definition) is 2. The minimum atomic E-state index is -1.36. The number of para-hydroxylation sites is 1. The van der Waals surface area contributed by atoms with Gasteiger partial charge in [-0.2, -0.15) is 0 Å². The first-order valence-corrected chi connectivity index (χ1v) is 5.73. The van der Waals surface area contributed by atoms with Crippen molar-refractivity contribution in [1.29, 1.82) is 0 Å². The van der Waals surface area contributed by atoms with E-state index in [2.05, 4.69) is 6.92 Å². The van der Waals surface area contributed by atoms with Gasteiger partial charge in [-0.25, -0.2) is 0 Å². The molecule has 1 amide bonds. The van der Waals surface area contributed by atoms with E-state index in [0.29, 0.717) is 6.54 Å². The number of carbonyl (C=O) groups excluding carboxylic acids is 1. The van der Waals surface area contributed by atoms with Crippen molar-refractivity contribution in [1.82, 2.24) is 0 Å². The predicted molar refractivity (Wildman–Crippen MR) is 63.3 cm³/mol. The van der Waals surface area contributed by atoms with Crippen LogP contribution < -0.4 is 4.90 Å². The highest BCUT2D eigenvalue weighted by Gasteiger charge is 2.45. The Bertz CT molecular complexity index is 412. The van der Waals surface area contributed by atoms with Gasteiger partial charge in [-0.05, 0) is 19.4 Å². The highest BCUT2D eigenvalue weighted by Crippen LogP contribution is 2.39. The van der Waals surface area contributed by atoms with Crippen molar-refractivity contribution in [3.05, 3.63) is 29.8 Å². The lowest BCUT2D eigenvalue weighted by Gasteiger charge is -2.19. The molecule has 0 saturated heterocycles. The predicted octanol–water partition coefficient (Wildman–Crippen LogP) is 2.04. The van der Waals surface area contributed by atoms with Crippen molar-refractivity contribution in [2.45, 2.75) is 32.3 Å². The molecule has 2 rings (SSSR count). The molecule has 0 fully saturated rings. The van der Waals surface area contributed by atoms with E-state index in [9.17, 15) is 9.90 Å². The number of nitrogens with zero attached hydrogens (tertiary/aromatic N) is 1. The van der Waals surface area contributed by atoms with Crippen LogP contribution in [0.5, 0.6) is 0 Å². The van der Waals surface area contributed by atoms with Gasteiger partial charge in [-0.3, -0.25) is 4.79 Å². The number of amides is 1. The largest absolute Gasteiger partial charge is 0.375 e. The highest BCUT2D eigenvalue weighted by atomic mass is 16.3. The summed E-state index contributed by atoms with van der Waals surface area (Å²) >= 11 is 0. The molecule has 0 saturated carbocycles. The second kappa shape index (κ2) is 3.91. The Balaban J connectivity index is 2.39. The van der Waals surface area contributed by atoms with E-state index in [1.165, 1.54) is 0 Å². The number of fused-ring (bicyclic) bond motifs is 1. The van der Waals surface area contributed by atoms with Crippen LogP contribution in [-0.4, -0.2) is 17.6 Å². The van der Waals surface area contributed by atoms with Gasteiger partial charge in [0.1, 0.15) is 0 Å². The molecule has 16 heavy (non-hydrogen) atoms. The van der Waals surface area contributed by atoms with Gasteiger partial charge in [0.25, 0.3) is 5.91 Å². The molecule has 1 aliphatic heterocycles. The molecule has 0 aromatic heterocycles. The van der Waals surface area contributed by atoms with E-state index in [0.717, 1.165) is 24.1 Å². The molecule has 1 N–H and O–H groups in total. The number of hydrogen-bond donors (Lipinski definition) is 1. The molecule has 1 aliphatic rings. The number of anilines is 1. The zero-order valence-corrected chi connectivity index (χ0v) is 9.73. The first-order chi connectivity index (χ1) is 7.59. The van der Waals surface area contributed by atoms with Crippen LogP contribution >= 0.6 is 0 Å². The number of unbranched alkanes of at least 4 members (excludes halogenated alkanes) is 1. The maximum absolute atomic E-state index is 12.1. The fourth-order valence-electron chi connectivity index (χ4n) is 2.15. The van der Waals surface area contributed by atoms with Crippen LogP contribution in [0.25, 0.3) is 0 Å². The van der Waals surface area contributed by atoms with E-state index in [-0.39, 0.29) is 5.91 Å². The molecule has 0 aliphatic carbocycles. The number of benzene rings is 1. The molecule has 1 aromatic rings. The Kier molecular flexibility index (Phi) is 2.72. The van der Waals surface area contributed by atoms with Gasteiger partial charge in [0.05, 0.1) is 5.69 Å². The van der Waals surface area contributed by atoms with Gasteiger partial charge < -0.3 is 10.0 Å². The summed E-state index contributed by atoms with van der Waals surface area (Å²) < 4.78 is 0. The fraction of sp³-hybridized carbons (Fsp3) is 0.462. The maximum atomic E-state index is 12.1. The second-order valence-corrected chi connectivity index (χ2v) is 4.40. The van der Waals surface area contributed by atoms with E-state index >= 15 is 0 Å². The molecule has 0 spiro atoms. The summed E-state index contributed by atoms with van der Waals surface area (Å²) in [7, 11) is 0. The van der Waals surface area contributed by atoms with Crippen LogP contribution in [-0.2, 0) is 10.4 Å². The Morgan fingerprint density at radius 3 is 2.75 bits per heavy atom. The highest BCUT2D eigenvalue weighted by molar-refractivity contribution is 6.06. The van der Waals surface area contributed by atoms with Crippen LogP contribution in [0.1, 0.15) is 32.3 Å². The molecule has 1 atom stereocenters. The molecule has 3 nitrogen and oxygen atoms in total. The zero-order chi connectivity index (χ0) is 11.8. The van der Waals surface area contributed by atoms with Crippen LogP contribution in [0.3, 0.4) is 0 Å². The molecule has 0 bridgehead atoms. The molecule has 3 heteroatoms. The van der Waals surface area contributed by atoms with Crippen LogP contribution in [0.15, 0.2) is 24.3 Å². The topological polar surface area (TPSA) is 40.5 Å². The minimum absolute atomic E-state index is 0.206. The van der Waals surface area contributed by atoms with Gasteiger partial charge in [0, 0.05) is 12.1 Å². The minimum Gasteiger partial charge on any atom is -0.375 e. The molecule has 0 radical (unpaired) electrons. The van der Waals surface area contributed by atoms with E-state index in [1.54, 1.807) is 11.8 Å². The second-order valence-electron chi connectivity index (χ2n) is 4.40. The lowest BCUT2D eigenvalue weighted by molar-refractivity contribution is -0.134. The van der Waals surface area contributed by atoms with Crippen molar-refractivity contribution in [2.75, 3.05) is 11.4 Å². The monoisotopic (exact) mass is 219 g/mol. The normalized spacial score (nSPS) is 23.7. The van der Waals surface area contributed by atoms with Crippen molar-refractivity contribution in [3.8, 4) is 0 Å². The van der Waals surface area contributed by atoms with E-state index in [4.69, 9.17) is 0 Å². The lowest BCUT2D eigenvalue weighted by Crippen LogP contribution is -2.38. The Morgan fingerprint density at radius 2 is 2.06 bits per heavy atom. The average Bonchev–Trinajstić information content (AvgIpc) is 2.47. The van der Waals surface area contributed by atoms with Crippen LogP contribution in [0, 0.1) is 0 Å². The summed E-state index contributed by atoms with van der Waals surface area (Å²) in [4.78, 5) is 13.8. The van der Waals surface area contributed by atoms with Gasteiger partial charge in [0.2, 0.25) is 0 Å². The Hall–Kier alpha value is -1.35. The third-order valence-electron chi connectivity index (χ3n) is 3.12. The zero-order valence-electron chi connectivity index (χ0n) is 9.73.